The molecule has 0 amide bonds. The second-order valence-corrected chi connectivity index (χ2v) is 6.31. The van der Waals surface area contributed by atoms with Gasteiger partial charge in [-0.2, -0.15) is 4.98 Å². The van der Waals surface area contributed by atoms with Gasteiger partial charge >= 0.3 is 0 Å². The molecular formula is C13H16N4OS. The minimum Gasteiger partial charge on any atom is -0.338 e. The van der Waals surface area contributed by atoms with E-state index in [0.29, 0.717) is 5.82 Å². The zero-order valence-corrected chi connectivity index (χ0v) is 11.4. The summed E-state index contributed by atoms with van der Waals surface area (Å²) in [4.78, 5) is 7.99. The molecule has 2 aliphatic rings. The third kappa shape index (κ3) is 2.20. The normalized spacial score (nSPS) is 26.9. The molecule has 0 aromatic carbocycles. The number of aromatic nitrogens is 2. The van der Waals surface area contributed by atoms with Crippen LogP contribution in [0.3, 0.4) is 0 Å². The molecule has 4 heterocycles. The number of likely N-dealkylation sites (tertiary alicyclic amines) is 1. The Balaban J connectivity index is 1.44. The van der Waals surface area contributed by atoms with Crippen molar-refractivity contribution in [2.75, 3.05) is 26.2 Å². The molecular weight excluding hydrogens is 260 g/mol. The van der Waals surface area contributed by atoms with Crippen LogP contribution < -0.4 is 5.32 Å². The summed E-state index contributed by atoms with van der Waals surface area (Å²) in [5, 5.41) is 9.54. The van der Waals surface area contributed by atoms with E-state index < -0.39 is 0 Å². The number of nitrogens with zero attached hydrogens (tertiary/aromatic N) is 3. The highest BCUT2D eigenvalue weighted by atomic mass is 32.1. The van der Waals surface area contributed by atoms with Gasteiger partial charge in [-0.15, -0.1) is 11.3 Å². The third-order valence-electron chi connectivity index (χ3n) is 4.03. The van der Waals surface area contributed by atoms with Crippen molar-refractivity contribution in [1.82, 2.24) is 20.4 Å². The van der Waals surface area contributed by atoms with E-state index in [4.69, 9.17) is 4.52 Å². The van der Waals surface area contributed by atoms with Crippen LogP contribution in [0.2, 0.25) is 0 Å². The van der Waals surface area contributed by atoms with Gasteiger partial charge in [0.2, 0.25) is 11.7 Å². The van der Waals surface area contributed by atoms with Gasteiger partial charge in [0, 0.05) is 13.1 Å². The van der Waals surface area contributed by atoms with Crippen molar-refractivity contribution in [2.24, 2.45) is 11.8 Å². The number of fused-ring (bicyclic) bond motifs is 1. The second-order valence-electron chi connectivity index (χ2n) is 5.36. The van der Waals surface area contributed by atoms with Crippen LogP contribution in [0.1, 0.15) is 5.89 Å². The van der Waals surface area contributed by atoms with Gasteiger partial charge in [-0.1, -0.05) is 11.2 Å². The van der Waals surface area contributed by atoms with E-state index in [0.717, 1.165) is 55.3 Å². The molecule has 0 unspecified atom stereocenters. The van der Waals surface area contributed by atoms with E-state index >= 15 is 0 Å². The Labute approximate surface area is 115 Å². The molecule has 2 aliphatic heterocycles. The van der Waals surface area contributed by atoms with Gasteiger partial charge in [0.1, 0.15) is 0 Å². The minimum atomic E-state index is 0.714. The molecule has 0 bridgehead atoms. The topological polar surface area (TPSA) is 54.2 Å². The predicted octanol–water partition coefficient (Wildman–Crippen LogP) is 1.45. The van der Waals surface area contributed by atoms with Crippen molar-refractivity contribution in [3.05, 3.63) is 23.4 Å². The lowest BCUT2D eigenvalue weighted by Gasteiger charge is -2.13. The fourth-order valence-electron chi connectivity index (χ4n) is 3.10. The van der Waals surface area contributed by atoms with Crippen molar-refractivity contribution in [3.8, 4) is 10.7 Å². The predicted molar refractivity (Wildman–Crippen MR) is 72.7 cm³/mol. The third-order valence-corrected chi connectivity index (χ3v) is 4.90. The molecule has 100 valence electrons. The average Bonchev–Trinajstić information content (AvgIpc) is 3.12. The molecule has 4 rings (SSSR count). The summed E-state index contributed by atoms with van der Waals surface area (Å²) >= 11 is 1.64. The first-order valence-electron chi connectivity index (χ1n) is 6.68. The first-order chi connectivity index (χ1) is 9.38. The maximum absolute atomic E-state index is 5.36. The Morgan fingerprint density at radius 1 is 1.37 bits per heavy atom. The van der Waals surface area contributed by atoms with Crippen LogP contribution in [0.4, 0.5) is 0 Å². The van der Waals surface area contributed by atoms with Crippen LogP contribution in [-0.4, -0.2) is 41.2 Å². The number of hydrogen-bond acceptors (Lipinski definition) is 6. The van der Waals surface area contributed by atoms with Crippen molar-refractivity contribution in [3.63, 3.8) is 0 Å². The Morgan fingerprint density at radius 3 is 2.95 bits per heavy atom. The Morgan fingerprint density at radius 2 is 2.21 bits per heavy atom. The standard InChI is InChI=1S/C13H16N4OS/c1-2-11(19-3-1)13-15-12(18-16-13)8-17-6-9-4-14-5-10(9)7-17/h1-3,9-10,14H,4-8H2/t9-,10+. The van der Waals surface area contributed by atoms with E-state index in [-0.39, 0.29) is 0 Å². The smallest absolute Gasteiger partial charge is 0.241 e. The van der Waals surface area contributed by atoms with E-state index in [1.807, 2.05) is 17.5 Å². The van der Waals surface area contributed by atoms with Gasteiger partial charge in [0.05, 0.1) is 11.4 Å². The monoisotopic (exact) mass is 276 g/mol. The zero-order valence-electron chi connectivity index (χ0n) is 10.6. The van der Waals surface area contributed by atoms with Gasteiger partial charge in [0.25, 0.3) is 0 Å². The SMILES string of the molecule is c1csc(-c2noc(CN3C[C@H]4CNC[C@H]4C3)n2)c1. The fraction of sp³-hybridized carbons (Fsp3) is 0.538. The number of thiophene rings is 1. The van der Waals surface area contributed by atoms with Crippen LogP contribution >= 0.6 is 11.3 Å². The molecule has 2 aromatic rings. The van der Waals surface area contributed by atoms with Crippen LogP contribution in [0.25, 0.3) is 10.7 Å². The molecule has 19 heavy (non-hydrogen) atoms. The summed E-state index contributed by atoms with van der Waals surface area (Å²) in [6.45, 7) is 5.39. The number of hydrogen-bond donors (Lipinski definition) is 1. The van der Waals surface area contributed by atoms with E-state index in [1.165, 1.54) is 0 Å². The molecule has 2 aromatic heterocycles. The minimum absolute atomic E-state index is 0.714. The Hall–Kier alpha value is -1.24. The van der Waals surface area contributed by atoms with E-state index in [9.17, 15) is 0 Å². The number of rotatable bonds is 3. The first-order valence-corrected chi connectivity index (χ1v) is 7.56. The molecule has 5 nitrogen and oxygen atoms in total. The highest BCUT2D eigenvalue weighted by Gasteiger charge is 2.36. The molecule has 2 saturated heterocycles. The molecule has 0 spiro atoms. The summed E-state index contributed by atoms with van der Waals surface area (Å²) in [7, 11) is 0. The van der Waals surface area contributed by atoms with Crippen molar-refractivity contribution in [2.45, 2.75) is 6.54 Å². The molecule has 2 atom stereocenters. The highest BCUT2D eigenvalue weighted by molar-refractivity contribution is 7.13. The summed E-state index contributed by atoms with van der Waals surface area (Å²) in [6.07, 6.45) is 0. The first kappa shape index (κ1) is 11.6. The lowest BCUT2D eigenvalue weighted by atomic mass is 10.0. The summed E-state index contributed by atoms with van der Waals surface area (Å²) in [6, 6.07) is 4.02. The van der Waals surface area contributed by atoms with Crippen molar-refractivity contribution >= 4 is 11.3 Å². The average molecular weight is 276 g/mol. The van der Waals surface area contributed by atoms with Gasteiger partial charge in [-0.3, -0.25) is 4.90 Å². The summed E-state index contributed by atoms with van der Waals surface area (Å²) in [5.74, 6) is 3.06. The molecule has 0 saturated carbocycles. The van der Waals surface area contributed by atoms with Crippen LogP contribution in [0.5, 0.6) is 0 Å². The quantitative estimate of drug-likeness (QED) is 0.919. The lowest BCUT2D eigenvalue weighted by molar-refractivity contribution is 0.253. The molecule has 0 aliphatic carbocycles. The van der Waals surface area contributed by atoms with Crippen molar-refractivity contribution in [1.29, 1.82) is 0 Å². The zero-order chi connectivity index (χ0) is 12.7. The number of nitrogens with one attached hydrogen (secondary N) is 1. The van der Waals surface area contributed by atoms with Gasteiger partial charge in [0.15, 0.2) is 0 Å². The van der Waals surface area contributed by atoms with Crippen molar-refractivity contribution < 1.29 is 4.52 Å². The van der Waals surface area contributed by atoms with E-state index in [1.54, 1.807) is 11.3 Å². The maximum atomic E-state index is 5.36. The largest absolute Gasteiger partial charge is 0.338 e. The second kappa shape index (κ2) is 4.70. The van der Waals surface area contributed by atoms with Crippen LogP contribution in [0.15, 0.2) is 22.0 Å². The van der Waals surface area contributed by atoms with Gasteiger partial charge in [-0.25, -0.2) is 0 Å². The maximum Gasteiger partial charge on any atom is 0.241 e. The lowest BCUT2D eigenvalue weighted by Crippen LogP contribution is -2.25. The van der Waals surface area contributed by atoms with Gasteiger partial charge < -0.3 is 9.84 Å². The van der Waals surface area contributed by atoms with E-state index in [2.05, 4.69) is 20.4 Å². The van der Waals surface area contributed by atoms with Crippen LogP contribution in [-0.2, 0) is 6.54 Å². The molecule has 6 heteroatoms. The van der Waals surface area contributed by atoms with Gasteiger partial charge in [-0.05, 0) is 36.4 Å². The summed E-state index contributed by atoms with van der Waals surface area (Å²) < 4.78 is 5.36. The molecule has 1 N–H and O–H groups in total. The molecule has 2 fully saturated rings. The fourth-order valence-corrected chi connectivity index (χ4v) is 3.75. The molecule has 0 radical (unpaired) electrons. The highest BCUT2D eigenvalue weighted by Crippen LogP contribution is 2.28. The summed E-state index contributed by atoms with van der Waals surface area (Å²) in [5.41, 5.74) is 0. The Bertz CT molecular complexity index is 541. The van der Waals surface area contributed by atoms with Crippen LogP contribution in [0, 0.1) is 11.8 Å². The Kier molecular flexibility index (Phi) is 2.86.